The van der Waals surface area contributed by atoms with Gasteiger partial charge in [-0.1, -0.05) is 12.1 Å². The molecule has 0 fully saturated rings. The maximum atomic E-state index is 11.7. The number of hydrogen-bond acceptors (Lipinski definition) is 6. The maximum Gasteiger partial charge on any atom is 0.321 e. The summed E-state index contributed by atoms with van der Waals surface area (Å²) in [6, 6.07) is 7.59. The number of nitro benzene ring substituents is 1. The molecular weight excluding hydrogens is 346 g/mol. The molecule has 0 spiro atoms. The van der Waals surface area contributed by atoms with Crippen LogP contribution in [0.5, 0.6) is 5.75 Å². The first-order valence-corrected chi connectivity index (χ1v) is 8.31. The van der Waals surface area contributed by atoms with Crippen molar-refractivity contribution in [3.63, 3.8) is 0 Å². The fourth-order valence-corrected chi connectivity index (χ4v) is 2.70. The number of amides is 3. The average molecular weight is 363 g/mol. The minimum Gasteiger partial charge on any atom is -0.477 e. The minimum atomic E-state index is -0.690. The standard InChI is InChI=1S/C16H17N3O5S/c1-11-4-5-13(19(22)23)14(9-11)24-10-15(20)18-16(21)17-7-6-12-3-2-8-25-12/h2-5,8-9H,6-7,10H2,1H3,(H2,17,18,20,21). The number of aryl methyl sites for hydroxylation is 1. The molecule has 8 nitrogen and oxygen atoms in total. The molecule has 1 aromatic heterocycles. The van der Waals surface area contributed by atoms with Gasteiger partial charge in [-0.3, -0.25) is 20.2 Å². The molecule has 1 aromatic carbocycles. The number of urea groups is 1. The van der Waals surface area contributed by atoms with Crippen LogP contribution in [0.2, 0.25) is 0 Å². The van der Waals surface area contributed by atoms with Crippen LogP contribution >= 0.6 is 11.3 Å². The average Bonchev–Trinajstić information content (AvgIpc) is 3.06. The van der Waals surface area contributed by atoms with E-state index < -0.39 is 23.5 Å². The second kappa shape index (κ2) is 8.78. The van der Waals surface area contributed by atoms with Crippen molar-refractivity contribution in [2.45, 2.75) is 13.3 Å². The molecule has 0 aliphatic rings. The lowest BCUT2D eigenvalue weighted by Gasteiger charge is -2.08. The Morgan fingerprint density at radius 2 is 2.12 bits per heavy atom. The minimum absolute atomic E-state index is 0.0155. The Bertz CT molecular complexity index is 761. The molecule has 132 valence electrons. The second-order valence-corrected chi connectivity index (χ2v) is 6.18. The summed E-state index contributed by atoms with van der Waals surface area (Å²) < 4.78 is 5.17. The maximum absolute atomic E-state index is 11.7. The van der Waals surface area contributed by atoms with Crippen molar-refractivity contribution in [1.82, 2.24) is 10.6 Å². The van der Waals surface area contributed by atoms with Gasteiger partial charge in [-0.25, -0.2) is 4.79 Å². The highest BCUT2D eigenvalue weighted by Crippen LogP contribution is 2.27. The highest BCUT2D eigenvalue weighted by Gasteiger charge is 2.16. The Morgan fingerprint density at radius 1 is 1.32 bits per heavy atom. The number of rotatable bonds is 7. The Kier molecular flexibility index (Phi) is 6.47. The number of carbonyl (C=O) groups is 2. The normalized spacial score (nSPS) is 10.1. The Morgan fingerprint density at radius 3 is 2.80 bits per heavy atom. The van der Waals surface area contributed by atoms with Crippen LogP contribution < -0.4 is 15.4 Å². The summed E-state index contributed by atoms with van der Waals surface area (Å²) in [7, 11) is 0. The van der Waals surface area contributed by atoms with Gasteiger partial charge in [0.1, 0.15) is 0 Å². The summed E-state index contributed by atoms with van der Waals surface area (Å²) in [6.07, 6.45) is 0.672. The van der Waals surface area contributed by atoms with Gasteiger partial charge >= 0.3 is 11.7 Å². The molecule has 9 heteroatoms. The van der Waals surface area contributed by atoms with Crippen LogP contribution in [-0.2, 0) is 11.2 Å². The first-order valence-electron chi connectivity index (χ1n) is 7.43. The molecule has 2 aromatic rings. The molecule has 2 N–H and O–H groups in total. The van der Waals surface area contributed by atoms with E-state index in [1.165, 1.54) is 12.1 Å². The first kappa shape index (κ1) is 18.4. The number of nitro groups is 1. The monoisotopic (exact) mass is 363 g/mol. The van der Waals surface area contributed by atoms with Crippen LogP contribution in [0.25, 0.3) is 0 Å². The summed E-state index contributed by atoms with van der Waals surface area (Å²) in [6.45, 7) is 1.64. The number of carbonyl (C=O) groups excluding carboxylic acids is 2. The molecule has 25 heavy (non-hydrogen) atoms. The van der Waals surface area contributed by atoms with E-state index in [1.807, 2.05) is 17.5 Å². The molecule has 0 aliphatic heterocycles. The zero-order valence-corrected chi connectivity index (χ0v) is 14.3. The fraction of sp³-hybridized carbons (Fsp3) is 0.250. The van der Waals surface area contributed by atoms with Crippen LogP contribution in [-0.4, -0.2) is 30.0 Å². The molecule has 0 aliphatic carbocycles. The van der Waals surface area contributed by atoms with Gasteiger partial charge < -0.3 is 10.1 Å². The van der Waals surface area contributed by atoms with E-state index in [9.17, 15) is 19.7 Å². The van der Waals surface area contributed by atoms with Crippen LogP contribution in [0, 0.1) is 17.0 Å². The van der Waals surface area contributed by atoms with Crippen LogP contribution in [0.4, 0.5) is 10.5 Å². The third-order valence-corrected chi connectivity index (χ3v) is 4.10. The van der Waals surface area contributed by atoms with E-state index in [4.69, 9.17) is 4.74 Å². The number of benzene rings is 1. The summed E-state index contributed by atoms with van der Waals surface area (Å²) in [4.78, 5) is 34.8. The number of nitrogens with zero attached hydrogens (tertiary/aromatic N) is 1. The molecule has 3 amide bonds. The van der Waals surface area contributed by atoms with Gasteiger partial charge in [0.2, 0.25) is 0 Å². The van der Waals surface area contributed by atoms with Crippen LogP contribution in [0.3, 0.4) is 0 Å². The summed E-state index contributed by atoms with van der Waals surface area (Å²) >= 11 is 1.59. The van der Waals surface area contributed by atoms with E-state index in [-0.39, 0.29) is 11.4 Å². The smallest absolute Gasteiger partial charge is 0.321 e. The largest absolute Gasteiger partial charge is 0.477 e. The van der Waals surface area contributed by atoms with Gasteiger partial charge in [-0.15, -0.1) is 11.3 Å². The lowest BCUT2D eigenvalue weighted by Crippen LogP contribution is -2.42. The van der Waals surface area contributed by atoms with Crippen molar-refractivity contribution in [1.29, 1.82) is 0 Å². The van der Waals surface area contributed by atoms with Gasteiger partial charge in [0.05, 0.1) is 4.92 Å². The topological polar surface area (TPSA) is 111 Å². The van der Waals surface area contributed by atoms with Crippen molar-refractivity contribution in [3.8, 4) is 5.75 Å². The number of thiophene rings is 1. The van der Waals surface area contributed by atoms with E-state index in [2.05, 4.69) is 10.6 Å². The van der Waals surface area contributed by atoms with Gasteiger partial charge in [0.25, 0.3) is 5.91 Å². The van der Waals surface area contributed by atoms with Gasteiger partial charge in [0, 0.05) is 17.5 Å². The summed E-state index contributed by atoms with van der Waals surface area (Å²) in [5.74, 6) is -0.706. The van der Waals surface area contributed by atoms with Crippen molar-refractivity contribution in [3.05, 3.63) is 56.3 Å². The molecule has 0 unspecified atom stereocenters. The molecule has 0 saturated heterocycles. The van der Waals surface area contributed by atoms with Crippen LogP contribution in [0.15, 0.2) is 35.7 Å². The van der Waals surface area contributed by atoms with Crippen molar-refractivity contribution >= 4 is 29.0 Å². The fourth-order valence-electron chi connectivity index (χ4n) is 1.99. The van der Waals surface area contributed by atoms with Crippen molar-refractivity contribution < 1.29 is 19.2 Å². The van der Waals surface area contributed by atoms with E-state index in [0.717, 1.165) is 10.4 Å². The van der Waals surface area contributed by atoms with E-state index in [0.29, 0.717) is 13.0 Å². The van der Waals surface area contributed by atoms with Crippen molar-refractivity contribution in [2.24, 2.45) is 0 Å². The molecule has 0 bridgehead atoms. The number of hydrogen-bond donors (Lipinski definition) is 2. The number of ether oxygens (including phenoxy) is 1. The van der Waals surface area contributed by atoms with E-state index in [1.54, 1.807) is 24.3 Å². The molecular formula is C16H17N3O5S. The zero-order valence-electron chi connectivity index (χ0n) is 13.5. The molecule has 2 rings (SSSR count). The predicted molar refractivity (Wildman–Crippen MR) is 92.9 cm³/mol. The third-order valence-electron chi connectivity index (χ3n) is 3.16. The van der Waals surface area contributed by atoms with Gasteiger partial charge in [0.15, 0.2) is 12.4 Å². The van der Waals surface area contributed by atoms with E-state index >= 15 is 0 Å². The van der Waals surface area contributed by atoms with Crippen molar-refractivity contribution in [2.75, 3.05) is 13.2 Å². The zero-order chi connectivity index (χ0) is 18.2. The molecule has 0 saturated carbocycles. The molecule has 0 radical (unpaired) electrons. The SMILES string of the molecule is Cc1ccc([N+](=O)[O-])c(OCC(=O)NC(=O)NCCc2cccs2)c1. The van der Waals surface area contributed by atoms with Gasteiger partial charge in [-0.05, 0) is 36.4 Å². The quantitative estimate of drug-likeness (QED) is 0.580. The Balaban J connectivity index is 1.77. The highest BCUT2D eigenvalue weighted by molar-refractivity contribution is 7.09. The lowest BCUT2D eigenvalue weighted by atomic mass is 10.2. The number of imide groups is 1. The Labute approximate surface area is 148 Å². The van der Waals surface area contributed by atoms with Crippen LogP contribution in [0.1, 0.15) is 10.4 Å². The molecule has 0 atom stereocenters. The highest BCUT2D eigenvalue weighted by atomic mass is 32.1. The number of nitrogens with one attached hydrogen (secondary N) is 2. The first-order chi connectivity index (χ1) is 12.0. The Hall–Kier alpha value is -2.94. The second-order valence-electron chi connectivity index (χ2n) is 5.15. The van der Waals surface area contributed by atoms with Gasteiger partial charge in [-0.2, -0.15) is 0 Å². The lowest BCUT2D eigenvalue weighted by molar-refractivity contribution is -0.385. The summed E-state index contributed by atoms with van der Waals surface area (Å²) in [5, 5.41) is 17.6. The molecule has 1 heterocycles. The third kappa shape index (κ3) is 5.88. The summed E-state index contributed by atoms with van der Waals surface area (Å²) in [5.41, 5.74) is 0.520. The predicted octanol–water partition coefficient (Wildman–Crippen LogP) is 2.41.